The second-order valence-corrected chi connectivity index (χ2v) is 7.91. The van der Waals surface area contributed by atoms with Crippen LogP contribution < -0.4 is 0 Å². The largest absolute Gasteiger partial charge is 0.305 e. The quantitative estimate of drug-likeness (QED) is 0.483. The first-order chi connectivity index (χ1) is 12.4. The summed E-state index contributed by atoms with van der Waals surface area (Å²) in [5.74, 6) is 0.926. The Kier molecular flexibility index (Phi) is 5.28. The highest BCUT2D eigenvalue weighted by atomic mass is 32.2. The summed E-state index contributed by atoms with van der Waals surface area (Å²) in [5, 5.41) is 9.09. The van der Waals surface area contributed by atoms with Gasteiger partial charge >= 0.3 is 0 Å². The molecule has 0 bridgehead atoms. The molecule has 1 atom stereocenters. The minimum absolute atomic E-state index is 0.125. The maximum atomic E-state index is 12.9. The molecule has 0 aliphatic carbocycles. The first-order valence-electron chi connectivity index (χ1n) is 8.62. The molecule has 1 aromatic heterocycles. The van der Waals surface area contributed by atoms with E-state index in [0.717, 1.165) is 33.2 Å². The molecule has 4 nitrogen and oxygen atoms in total. The van der Waals surface area contributed by atoms with Gasteiger partial charge in [-0.2, -0.15) is 0 Å². The second-order valence-electron chi connectivity index (χ2n) is 6.61. The van der Waals surface area contributed by atoms with E-state index in [-0.39, 0.29) is 11.0 Å². The first-order valence-corrected chi connectivity index (χ1v) is 9.50. The Morgan fingerprint density at radius 1 is 1.00 bits per heavy atom. The minimum atomic E-state index is -0.234. The van der Waals surface area contributed by atoms with Crippen molar-refractivity contribution in [2.45, 2.75) is 38.1 Å². The molecular weight excluding hydrogens is 342 g/mol. The summed E-state index contributed by atoms with van der Waals surface area (Å²) in [5.41, 5.74) is 5.17. The van der Waals surface area contributed by atoms with E-state index in [1.165, 1.54) is 17.3 Å². The normalized spacial score (nSPS) is 12.2. The highest BCUT2D eigenvalue weighted by Gasteiger charge is 2.22. The topological polar surface area (TPSA) is 47.8 Å². The predicted molar refractivity (Wildman–Crippen MR) is 107 cm³/mol. The second kappa shape index (κ2) is 7.46. The average Bonchev–Trinajstić information content (AvgIpc) is 2.99. The smallest absolute Gasteiger partial charge is 0.191 e. The van der Waals surface area contributed by atoms with Gasteiger partial charge in [0.1, 0.15) is 0 Å². The van der Waals surface area contributed by atoms with Gasteiger partial charge in [-0.15, -0.1) is 10.2 Å². The molecule has 3 aromatic rings. The van der Waals surface area contributed by atoms with Crippen molar-refractivity contribution in [1.82, 2.24) is 14.8 Å². The maximum Gasteiger partial charge on any atom is 0.191 e. The molecule has 5 heteroatoms. The number of benzene rings is 2. The zero-order valence-corrected chi connectivity index (χ0v) is 16.6. The van der Waals surface area contributed by atoms with Gasteiger partial charge in [0.15, 0.2) is 16.8 Å². The van der Waals surface area contributed by atoms with Crippen LogP contribution in [0.15, 0.2) is 47.6 Å². The van der Waals surface area contributed by atoms with Gasteiger partial charge in [-0.3, -0.25) is 4.79 Å². The number of hydrogen-bond acceptors (Lipinski definition) is 4. The van der Waals surface area contributed by atoms with Crippen LogP contribution in [0.5, 0.6) is 0 Å². The van der Waals surface area contributed by atoms with Gasteiger partial charge < -0.3 is 4.57 Å². The van der Waals surface area contributed by atoms with Gasteiger partial charge in [0.25, 0.3) is 0 Å². The third-order valence-corrected chi connectivity index (χ3v) is 5.76. The summed E-state index contributed by atoms with van der Waals surface area (Å²) in [7, 11) is 1.93. The van der Waals surface area contributed by atoms with Crippen LogP contribution in [0.25, 0.3) is 11.4 Å². The van der Waals surface area contributed by atoms with E-state index in [9.17, 15) is 4.79 Å². The number of Topliss-reactive ketones (excluding diaryl/α,β-unsaturated/α-hetero) is 1. The molecule has 0 spiro atoms. The lowest BCUT2D eigenvalue weighted by molar-refractivity contribution is 0.0993. The summed E-state index contributed by atoms with van der Waals surface area (Å²) in [6.07, 6.45) is 0. The summed E-state index contributed by atoms with van der Waals surface area (Å²) in [6.45, 7) is 8.03. The van der Waals surface area contributed by atoms with Crippen LogP contribution in [0.2, 0.25) is 0 Å². The lowest BCUT2D eigenvalue weighted by atomic mass is 9.97. The number of thioether (sulfide) groups is 1. The van der Waals surface area contributed by atoms with Crippen molar-refractivity contribution in [2.75, 3.05) is 0 Å². The third kappa shape index (κ3) is 3.58. The molecule has 0 N–H and O–H groups in total. The lowest BCUT2D eigenvalue weighted by Gasteiger charge is -2.13. The number of hydrogen-bond donors (Lipinski definition) is 0. The monoisotopic (exact) mass is 365 g/mol. The summed E-state index contributed by atoms with van der Waals surface area (Å²) in [4.78, 5) is 12.9. The Balaban J connectivity index is 1.83. The van der Waals surface area contributed by atoms with Crippen LogP contribution in [0.4, 0.5) is 0 Å². The molecule has 0 aliphatic heterocycles. The molecule has 2 aromatic carbocycles. The van der Waals surface area contributed by atoms with E-state index >= 15 is 0 Å². The van der Waals surface area contributed by atoms with Crippen LogP contribution in [0.3, 0.4) is 0 Å². The average molecular weight is 366 g/mol. The van der Waals surface area contributed by atoms with Gasteiger partial charge in [-0.1, -0.05) is 48.2 Å². The highest BCUT2D eigenvalue weighted by Crippen LogP contribution is 2.28. The van der Waals surface area contributed by atoms with Crippen molar-refractivity contribution < 1.29 is 4.79 Å². The van der Waals surface area contributed by atoms with Crippen molar-refractivity contribution in [2.24, 2.45) is 7.05 Å². The van der Waals surface area contributed by atoms with Crippen molar-refractivity contribution in [3.8, 4) is 11.4 Å². The van der Waals surface area contributed by atoms with E-state index in [2.05, 4.69) is 23.2 Å². The summed E-state index contributed by atoms with van der Waals surface area (Å²) < 4.78 is 1.94. The predicted octanol–water partition coefficient (Wildman–Crippen LogP) is 4.77. The lowest BCUT2D eigenvalue weighted by Crippen LogP contribution is -2.16. The van der Waals surface area contributed by atoms with Crippen LogP contribution >= 0.6 is 11.8 Å². The number of aryl methyl sites for hydroxylation is 3. The van der Waals surface area contributed by atoms with Gasteiger partial charge in [-0.05, 0) is 50.5 Å². The fraction of sp³-hybridized carbons (Fsp3) is 0.286. The molecule has 3 rings (SSSR count). The van der Waals surface area contributed by atoms with E-state index in [4.69, 9.17) is 0 Å². The molecule has 0 saturated heterocycles. The van der Waals surface area contributed by atoms with E-state index in [0.29, 0.717) is 0 Å². The fourth-order valence-corrected chi connectivity index (χ4v) is 3.80. The van der Waals surface area contributed by atoms with Crippen molar-refractivity contribution in [3.63, 3.8) is 0 Å². The van der Waals surface area contributed by atoms with E-state index in [1.54, 1.807) is 0 Å². The molecule has 0 fully saturated rings. The molecule has 0 radical (unpaired) electrons. The number of carbonyl (C=O) groups excluding carboxylic acids is 1. The van der Waals surface area contributed by atoms with Gasteiger partial charge in [0, 0.05) is 18.2 Å². The number of nitrogens with zero attached hydrogens (tertiary/aromatic N) is 3. The van der Waals surface area contributed by atoms with E-state index < -0.39 is 0 Å². The number of carbonyl (C=O) groups is 1. The van der Waals surface area contributed by atoms with Crippen molar-refractivity contribution >= 4 is 17.5 Å². The molecule has 0 amide bonds. The Bertz CT molecular complexity index is 947. The molecule has 0 saturated carbocycles. The Labute approximate surface area is 158 Å². The van der Waals surface area contributed by atoms with Crippen molar-refractivity contribution in [3.05, 3.63) is 64.7 Å². The number of aromatic nitrogens is 3. The van der Waals surface area contributed by atoms with Crippen molar-refractivity contribution in [1.29, 1.82) is 0 Å². The van der Waals surface area contributed by atoms with Crippen LogP contribution in [-0.2, 0) is 7.05 Å². The maximum absolute atomic E-state index is 12.9. The van der Waals surface area contributed by atoms with Crippen LogP contribution in [-0.4, -0.2) is 25.8 Å². The third-order valence-electron chi connectivity index (χ3n) is 4.62. The summed E-state index contributed by atoms with van der Waals surface area (Å²) >= 11 is 1.45. The minimum Gasteiger partial charge on any atom is -0.305 e. The van der Waals surface area contributed by atoms with Crippen LogP contribution in [0.1, 0.15) is 34.0 Å². The molecule has 134 valence electrons. The van der Waals surface area contributed by atoms with Crippen LogP contribution in [0, 0.1) is 20.8 Å². The zero-order chi connectivity index (χ0) is 18.8. The standard InChI is InChI=1S/C21H23N3OS/c1-13-11-15(3)18(12-14(13)2)19(25)16(4)26-21-23-22-20(24(21)5)17-9-7-6-8-10-17/h6-12,16H,1-5H3. The Morgan fingerprint density at radius 3 is 2.35 bits per heavy atom. The molecule has 26 heavy (non-hydrogen) atoms. The summed E-state index contributed by atoms with van der Waals surface area (Å²) in [6, 6.07) is 14.0. The van der Waals surface area contributed by atoms with E-state index in [1.807, 2.05) is 68.8 Å². The Hall–Kier alpha value is -2.40. The SMILES string of the molecule is Cc1cc(C)c(C(=O)C(C)Sc2nnc(-c3ccccc3)n2C)cc1C. The fourth-order valence-electron chi connectivity index (χ4n) is 2.91. The molecule has 1 heterocycles. The Morgan fingerprint density at radius 2 is 1.65 bits per heavy atom. The molecular formula is C21H23N3OS. The zero-order valence-electron chi connectivity index (χ0n) is 15.8. The van der Waals surface area contributed by atoms with Gasteiger partial charge in [0.2, 0.25) is 0 Å². The molecule has 1 unspecified atom stereocenters. The molecule has 0 aliphatic rings. The van der Waals surface area contributed by atoms with Gasteiger partial charge in [0.05, 0.1) is 5.25 Å². The number of rotatable bonds is 5. The first kappa shape index (κ1) is 18.4. The van der Waals surface area contributed by atoms with Gasteiger partial charge in [-0.25, -0.2) is 0 Å². The highest BCUT2D eigenvalue weighted by molar-refractivity contribution is 8.00. The number of ketones is 1.